The maximum atomic E-state index is 10.9. The van der Waals surface area contributed by atoms with E-state index in [2.05, 4.69) is 4.98 Å². The number of hydrogen-bond donors (Lipinski definition) is 1. The molecule has 1 heterocycles. The minimum Gasteiger partial charge on any atom is -0.476 e. The van der Waals surface area contributed by atoms with Crippen molar-refractivity contribution in [1.29, 1.82) is 0 Å². The van der Waals surface area contributed by atoms with Gasteiger partial charge in [0, 0.05) is 12.3 Å². The van der Waals surface area contributed by atoms with Crippen molar-refractivity contribution >= 4 is 29.2 Å². The number of ether oxygens (including phenoxy) is 1. The lowest BCUT2D eigenvalue weighted by Gasteiger charge is -2.08. The fraction of sp³-hybridized carbons (Fsp3) is 0. The number of benzene rings is 1. The molecule has 0 radical (unpaired) electrons. The maximum absolute atomic E-state index is 10.9. The largest absolute Gasteiger partial charge is 0.476 e. The Labute approximate surface area is 113 Å². The number of halogens is 2. The molecule has 0 aliphatic carbocycles. The van der Waals surface area contributed by atoms with E-state index in [0.717, 1.165) is 0 Å². The summed E-state index contributed by atoms with van der Waals surface area (Å²) in [6, 6.07) is 7.75. The number of hydrogen-bond acceptors (Lipinski definition) is 3. The highest BCUT2D eigenvalue weighted by Gasteiger charge is 2.13. The zero-order chi connectivity index (χ0) is 13.1. The zero-order valence-electron chi connectivity index (χ0n) is 8.93. The Bertz CT molecular complexity index is 602. The Balaban J connectivity index is 2.34. The van der Waals surface area contributed by atoms with Crippen LogP contribution in [-0.4, -0.2) is 16.1 Å². The molecule has 1 aromatic carbocycles. The normalized spacial score (nSPS) is 10.1. The average molecular weight is 284 g/mol. The molecule has 0 saturated heterocycles. The molecule has 4 nitrogen and oxygen atoms in total. The van der Waals surface area contributed by atoms with Crippen LogP contribution in [0.25, 0.3) is 0 Å². The Kier molecular flexibility index (Phi) is 3.69. The van der Waals surface area contributed by atoms with Crippen LogP contribution >= 0.6 is 23.2 Å². The molecule has 1 aromatic heterocycles. The smallest absolute Gasteiger partial charge is 0.358 e. The van der Waals surface area contributed by atoms with Crippen LogP contribution in [0.15, 0.2) is 36.5 Å². The lowest BCUT2D eigenvalue weighted by molar-refractivity contribution is 0.0687. The predicted octanol–water partition coefficient (Wildman–Crippen LogP) is 3.88. The van der Waals surface area contributed by atoms with E-state index in [1.54, 1.807) is 18.2 Å². The monoisotopic (exact) mass is 283 g/mol. The molecule has 0 aliphatic heterocycles. The van der Waals surface area contributed by atoms with Gasteiger partial charge in [-0.3, -0.25) is 0 Å². The van der Waals surface area contributed by atoms with Gasteiger partial charge >= 0.3 is 5.97 Å². The van der Waals surface area contributed by atoms with Crippen molar-refractivity contribution in [2.45, 2.75) is 0 Å². The molecule has 2 aromatic rings. The number of carbonyl (C=O) groups is 1. The van der Waals surface area contributed by atoms with Gasteiger partial charge in [0.15, 0.2) is 11.4 Å². The minimum absolute atomic E-state index is 0.142. The van der Waals surface area contributed by atoms with E-state index in [9.17, 15) is 4.79 Å². The summed E-state index contributed by atoms with van der Waals surface area (Å²) in [7, 11) is 0. The lowest BCUT2D eigenvalue weighted by atomic mass is 10.3. The number of carboxylic acid groups (broad SMARTS) is 1. The molecular weight excluding hydrogens is 277 g/mol. The molecule has 6 heteroatoms. The van der Waals surface area contributed by atoms with Crippen LogP contribution in [0.1, 0.15) is 10.5 Å². The highest BCUT2D eigenvalue weighted by atomic mass is 35.5. The minimum atomic E-state index is -1.16. The molecule has 18 heavy (non-hydrogen) atoms. The summed E-state index contributed by atoms with van der Waals surface area (Å²) >= 11 is 11.6. The van der Waals surface area contributed by atoms with Crippen LogP contribution in [0, 0.1) is 0 Å². The zero-order valence-corrected chi connectivity index (χ0v) is 10.4. The van der Waals surface area contributed by atoms with Crippen LogP contribution in [0.3, 0.4) is 0 Å². The van der Waals surface area contributed by atoms with E-state index in [4.69, 9.17) is 33.0 Å². The van der Waals surface area contributed by atoms with Gasteiger partial charge in [-0.1, -0.05) is 23.2 Å². The molecule has 1 N–H and O–H groups in total. The van der Waals surface area contributed by atoms with Crippen LogP contribution in [0.5, 0.6) is 11.5 Å². The summed E-state index contributed by atoms with van der Waals surface area (Å²) in [5.41, 5.74) is -0.163. The number of aromatic nitrogens is 1. The van der Waals surface area contributed by atoms with Crippen molar-refractivity contribution in [1.82, 2.24) is 4.98 Å². The Morgan fingerprint density at radius 3 is 2.67 bits per heavy atom. The maximum Gasteiger partial charge on any atom is 0.358 e. The van der Waals surface area contributed by atoms with E-state index in [1.165, 1.54) is 18.3 Å². The molecule has 0 bridgehead atoms. The van der Waals surface area contributed by atoms with Gasteiger partial charge < -0.3 is 9.84 Å². The topological polar surface area (TPSA) is 59.4 Å². The van der Waals surface area contributed by atoms with E-state index < -0.39 is 5.97 Å². The van der Waals surface area contributed by atoms with Crippen LogP contribution in [-0.2, 0) is 0 Å². The van der Waals surface area contributed by atoms with Crippen molar-refractivity contribution < 1.29 is 14.6 Å². The van der Waals surface area contributed by atoms with Gasteiger partial charge in [-0.2, -0.15) is 0 Å². The molecule has 0 atom stereocenters. The van der Waals surface area contributed by atoms with E-state index >= 15 is 0 Å². The van der Waals surface area contributed by atoms with Gasteiger partial charge in [-0.05, 0) is 24.3 Å². The number of pyridine rings is 1. The second-order valence-corrected chi connectivity index (χ2v) is 4.15. The molecule has 0 unspecified atom stereocenters. The Morgan fingerprint density at radius 1 is 1.22 bits per heavy atom. The SMILES string of the molecule is O=C(O)c1ncccc1Oc1ccc(Cl)c(Cl)c1. The Morgan fingerprint density at radius 2 is 2.00 bits per heavy atom. The third-order valence-corrected chi connectivity index (χ3v) is 2.83. The fourth-order valence-electron chi connectivity index (χ4n) is 1.30. The van der Waals surface area contributed by atoms with Gasteiger partial charge in [0.05, 0.1) is 10.0 Å². The van der Waals surface area contributed by atoms with E-state index in [0.29, 0.717) is 15.8 Å². The van der Waals surface area contributed by atoms with E-state index in [1.807, 2.05) is 0 Å². The second kappa shape index (κ2) is 5.25. The van der Waals surface area contributed by atoms with Crippen molar-refractivity contribution in [3.63, 3.8) is 0 Å². The van der Waals surface area contributed by atoms with Crippen molar-refractivity contribution in [2.24, 2.45) is 0 Å². The summed E-state index contributed by atoms with van der Waals surface area (Å²) in [6.45, 7) is 0. The lowest BCUT2D eigenvalue weighted by Crippen LogP contribution is -2.02. The van der Waals surface area contributed by atoms with E-state index in [-0.39, 0.29) is 11.4 Å². The molecule has 2 rings (SSSR count). The highest BCUT2D eigenvalue weighted by Crippen LogP contribution is 2.30. The Hall–Kier alpha value is -1.78. The first-order valence-electron chi connectivity index (χ1n) is 4.89. The van der Waals surface area contributed by atoms with Crippen LogP contribution in [0.4, 0.5) is 0 Å². The van der Waals surface area contributed by atoms with Crippen molar-refractivity contribution in [3.8, 4) is 11.5 Å². The standard InChI is InChI=1S/C12H7Cl2NO3/c13-8-4-3-7(6-9(8)14)18-10-2-1-5-15-11(10)12(16)17/h1-6H,(H,16,17). The van der Waals surface area contributed by atoms with Crippen LogP contribution in [0.2, 0.25) is 10.0 Å². The van der Waals surface area contributed by atoms with Gasteiger partial charge in [-0.25, -0.2) is 9.78 Å². The first-order chi connectivity index (χ1) is 8.58. The van der Waals surface area contributed by atoms with Gasteiger partial charge in [0.1, 0.15) is 5.75 Å². The first kappa shape index (κ1) is 12.7. The number of nitrogens with zero attached hydrogens (tertiary/aromatic N) is 1. The molecule has 0 aliphatic rings. The molecule has 92 valence electrons. The third kappa shape index (κ3) is 2.72. The molecule has 0 saturated carbocycles. The molecular formula is C12H7Cl2NO3. The number of carboxylic acids is 1. The number of aromatic carboxylic acids is 1. The average Bonchev–Trinajstić information content (AvgIpc) is 2.34. The summed E-state index contributed by atoms with van der Waals surface area (Å²) in [6.07, 6.45) is 1.38. The van der Waals surface area contributed by atoms with Crippen LogP contribution < -0.4 is 4.74 Å². The summed E-state index contributed by atoms with van der Waals surface area (Å²) < 4.78 is 5.42. The predicted molar refractivity (Wildman–Crippen MR) is 67.7 cm³/mol. The van der Waals surface area contributed by atoms with Crippen molar-refractivity contribution in [3.05, 3.63) is 52.3 Å². The third-order valence-electron chi connectivity index (χ3n) is 2.09. The summed E-state index contributed by atoms with van der Waals surface area (Å²) in [4.78, 5) is 14.7. The summed E-state index contributed by atoms with van der Waals surface area (Å²) in [5, 5.41) is 9.68. The molecule has 0 amide bonds. The van der Waals surface area contributed by atoms with Gasteiger partial charge in [-0.15, -0.1) is 0 Å². The highest BCUT2D eigenvalue weighted by molar-refractivity contribution is 6.42. The number of rotatable bonds is 3. The molecule has 0 spiro atoms. The molecule has 0 fully saturated rings. The second-order valence-electron chi connectivity index (χ2n) is 3.33. The fourth-order valence-corrected chi connectivity index (χ4v) is 1.59. The van der Waals surface area contributed by atoms with Crippen molar-refractivity contribution in [2.75, 3.05) is 0 Å². The van der Waals surface area contributed by atoms with Gasteiger partial charge in [0.2, 0.25) is 0 Å². The quantitative estimate of drug-likeness (QED) is 0.929. The van der Waals surface area contributed by atoms with Gasteiger partial charge in [0.25, 0.3) is 0 Å². The first-order valence-corrected chi connectivity index (χ1v) is 5.65. The summed E-state index contributed by atoms with van der Waals surface area (Å²) in [5.74, 6) is -0.631.